The number of allylic oxidation sites excluding steroid dienone is 1. The van der Waals surface area contributed by atoms with Crippen molar-refractivity contribution in [3.63, 3.8) is 0 Å². The molecule has 0 spiro atoms. The Hall–Kier alpha value is -0.210. The molecule has 0 aliphatic heterocycles. The molecule has 0 aromatic heterocycles. The summed E-state index contributed by atoms with van der Waals surface area (Å²) in [5, 5.41) is -0.599. The van der Waals surface area contributed by atoms with Crippen molar-refractivity contribution in [2.24, 2.45) is 17.6 Å². The highest BCUT2D eigenvalue weighted by molar-refractivity contribution is 6.31. The summed E-state index contributed by atoms with van der Waals surface area (Å²) >= 11 is 11.9. The van der Waals surface area contributed by atoms with Crippen LogP contribution in [0.5, 0.6) is 0 Å². The van der Waals surface area contributed by atoms with E-state index in [1.807, 2.05) is 13.0 Å². The lowest BCUT2D eigenvalue weighted by Crippen LogP contribution is -2.39. The van der Waals surface area contributed by atoms with E-state index in [1.54, 1.807) is 6.08 Å². The first-order valence-corrected chi connectivity index (χ1v) is 4.67. The van der Waals surface area contributed by atoms with Crippen LogP contribution in [0.1, 0.15) is 6.92 Å². The second-order valence-corrected chi connectivity index (χ2v) is 4.07. The normalized spacial score (nSPS) is 41.2. The van der Waals surface area contributed by atoms with Gasteiger partial charge in [0.2, 0.25) is 5.91 Å². The molecule has 0 bridgehead atoms. The molecule has 0 aromatic carbocycles. The lowest BCUT2D eigenvalue weighted by molar-refractivity contribution is -0.120. The summed E-state index contributed by atoms with van der Waals surface area (Å²) < 4.78 is 0. The van der Waals surface area contributed by atoms with Crippen LogP contribution < -0.4 is 5.73 Å². The van der Waals surface area contributed by atoms with Crippen LogP contribution in [-0.2, 0) is 4.79 Å². The van der Waals surface area contributed by atoms with Gasteiger partial charge in [-0.25, -0.2) is 0 Å². The molecule has 4 unspecified atom stereocenters. The Kier molecular flexibility index (Phi) is 3.02. The molecule has 4 atom stereocenters. The van der Waals surface area contributed by atoms with Gasteiger partial charge in [0.25, 0.3) is 0 Å². The maximum Gasteiger partial charge on any atom is 0.225 e. The van der Waals surface area contributed by atoms with Crippen molar-refractivity contribution < 1.29 is 4.79 Å². The van der Waals surface area contributed by atoms with Crippen molar-refractivity contribution in [3.05, 3.63) is 12.2 Å². The first-order valence-electron chi connectivity index (χ1n) is 3.80. The fourth-order valence-electron chi connectivity index (χ4n) is 1.25. The van der Waals surface area contributed by atoms with Crippen LogP contribution >= 0.6 is 23.2 Å². The van der Waals surface area contributed by atoms with Gasteiger partial charge in [-0.05, 0) is 5.92 Å². The van der Waals surface area contributed by atoms with Crippen LogP contribution in [0.3, 0.4) is 0 Å². The quantitative estimate of drug-likeness (QED) is 0.515. The molecule has 0 aromatic rings. The van der Waals surface area contributed by atoms with Crippen molar-refractivity contribution in [2.75, 3.05) is 0 Å². The van der Waals surface area contributed by atoms with Gasteiger partial charge in [-0.1, -0.05) is 19.1 Å². The zero-order valence-corrected chi connectivity index (χ0v) is 8.22. The van der Waals surface area contributed by atoms with E-state index in [1.165, 1.54) is 0 Å². The topological polar surface area (TPSA) is 43.1 Å². The molecule has 0 heterocycles. The Bertz CT molecular complexity index is 217. The minimum absolute atomic E-state index is 0.199. The number of nitrogens with two attached hydrogens (primary N) is 1. The maximum absolute atomic E-state index is 10.8. The second kappa shape index (κ2) is 3.67. The van der Waals surface area contributed by atoms with Gasteiger partial charge in [-0.3, -0.25) is 4.79 Å². The predicted molar refractivity (Wildman–Crippen MR) is 50.3 cm³/mol. The average molecular weight is 208 g/mol. The molecule has 1 amide bonds. The number of alkyl halides is 2. The third-order valence-corrected chi connectivity index (χ3v) is 3.44. The Labute approximate surface area is 81.7 Å². The summed E-state index contributed by atoms with van der Waals surface area (Å²) in [6.07, 6.45) is 3.62. The molecule has 1 aliphatic carbocycles. The van der Waals surface area contributed by atoms with Crippen LogP contribution in [0.4, 0.5) is 0 Å². The van der Waals surface area contributed by atoms with E-state index in [-0.39, 0.29) is 16.7 Å². The van der Waals surface area contributed by atoms with E-state index in [0.29, 0.717) is 0 Å². The van der Waals surface area contributed by atoms with Crippen LogP contribution in [0.15, 0.2) is 12.2 Å². The Morgan fingerprint density at radius 1 is 1.33 bits per heavy atom. The van der Waals surface area contributed by atoms with Gasteiger partial charge in [-0.15, -0.1) is 23.2 Å². The smallest absolute Gasteiger partial charge is 0.225 e. The third kappa shape index (κ3) is 1.75. The largest absolute Gasteiger partial charge is 0.369 e. The predicted octanol–water partition coefficient (Wildman–Crippen LogP) is 1.51. The molecule has 1 rings (SSSR count). The van der Waals surface area contributed by atoms with Gasteiger partial charge in [0, 0.05) is 0 Å². The first kappa shape index (κ1) is 9.87. The van der Waals surface area contributed by atoms with E-state index >= 15 is 0 Å². The average Bonchev–Trinajstić information content (AvgIpc) is 2.00. The molecule has 0 saturated carbocycles. The van der Waals surface area contributed by atoms with E-state index in [2.05, 4.69) is 0 Å². The Morgan fingerprint density at radius 3 is 2.42 bits per heavy atom. The van der Waals surface area contributed by atoms with E-state index < -0.39 is 11.8 Å². The van der Waals surface area contributed by atoms with Crippen LogP contribution in [0, 0.1) is 11.8 Å². The van der Waals surface area contributed by atoms with Gasteiger partial charge in [0.15, 0.2) is 0 Å². The Morgan fingerprint density at radius 2 is 1.92 bits per heavy atom. The van der Waals surface area contributed by atoms with Gasteiger partial charge in [0.05, 0.1) is 16.7 Å². The van der Waals surface area contributed by atoms with Crippen LogP contribution in [0.25, 0.3) is 0 Å². The fraction of sp³-hybridized carbons (Fsp3) is 0.625. The molecular formula is C8H11Cl2NO. The summed E-state index contributed by atoms with van der Waals surface area (Å²) in [6.45, 7) is 1.96. The van der Waals surface area contributed by atoms with Crippen molar-refractivity contribution in [2.45, 2.75) is 17.7 Å². The Balaban J connectivity index is 2.81. The molecule has 2 nitrogen and oxygen atoms in total. The molecule has 0 saturated heterocycles. The first-order chi connectivity index (χ1) is 5.54. The molecule has 2 N–H and O–H groups in total. The standard InChI is InChI=1S/C8H11Cl2NO/c1-4-2-3-5(8(11)12)7(10)6(4)9/h2-7H,1H3,(H2,11,12). The van der Waals surface area contributed by atoms with Crippen LogP contribution in [0.2, 0.25) is 0 Å². The minimum atomic E-state index is -0.426. The third-order valence-electron chi connectivity index (χ3n) is 2.10. The van der Waals surface area contributed by atoms with Crippen molar-refractivity contribution in [1.82, 2.24) is 0 Å². The zero-order chi connectivity index (χ0) is 9.30. The highest BCUT2D eigenvalue weighted by atomic mass is 35.5. The summed E-state index contributed by atoms with van der Waals surface area (Å²) in [7, 11) is 0. The highest BCUT2D eigenvalue weighted by Crippen LogP contribution is 2.31. The fourth-order valence-corrected chi connectivity index (χ4v) is 1.93. The summed E-state index contributed by atoms with van der Waals surface area (Å²) in [4.78, 5) is 10.8. The number of primary amides is 1. The molecular weight excluding hydrogens is 197 g/mol. The molecule has 4 heteroatoms. The number of carbonyl (C=O) groups excluding carboxylic acids is 1. The highest BCUT2D eigenvalue weighted by Gasteiger charge is 2.34. The summed E-state index contributed by atoms with van der Waals surface area (Å²) in [6, 6.07) is 0. The maximum atomic E-state index is 10.8. The number of rotatable bonds is 1. The second-order valence-electron chi connectivity index (χ2n) is 3.06. The van der Waals surface area contributed by atoms with Crippen molar-refractivity contribution in [1.29, 1.82) is 0 Å². The van der Waals surface area contributed by atoms with Gasteiger partial charge in [0.1, 0.15) is 0 Å². The molecule has 0 fully saturated rings. The summed E-state index contributed by atoms with van der Waals surface area (Å²) in [5.74, 6) is -0.640. The van der Waals surface area contributed by atoms with Gasteiger partial charge in [-0.2, -0.15) is 0 Å². The molecule has 1 aliphatic rings. The number of hydrogen-bond acceptors (Lipinski definition) is 1. The zero-order valence-electron chi connectivity index (χ0n) is 6.71. The van der Waals surface area contributed by atoms with E-state index in [9.17, 15) is 4.79 Å². The van der Waals surface area contributed by atoms with E-state index in [4.69, 9.17) is 28.9 Å². The molecule has 0 radical (unpaired) electrons. The number of amides is 1. The number of halogens is 2. The number of hydrogen-bond donors (Lipinski definition) is 1. The van der Waals surface area contributed by atoms with Crippen LogP contribution in [-0.4, -0.2) is 16.7 Å². The molecule has 12 heavy (non-hydrogen) atoms. The lowest BCUT2D eigenvalue weighted by atomic mass is 9.88. The van der Waals surface area contributed by atoms with Gasteiger partial charge >= 0.3 is 0 Å². The minimum Gasteiger partial charge on any atom is -0.369 e. The van der Waals surface area contributed by atoms with Gasteiger partial charge < -0.3 is 5.73 Å². The molecule has 68 valence electrons. The number of carbonyl (C=O) groups is 1. The van der Waals surface area contributed by atoms with E-state index in [0.717, 1.165) is 0 Å². The van der Waals surface area contributed by atoms with Crippen molar-refractivity contribution in [3.8, 4) is 0 Å². The van der Waals surface area contributed by atoms with Crippen molar-refractivity contribution >= 4 is 29.1 Å². The lowest BCUT2D eigenvalue weighted by Gasteiger charge is -2.28. The summed E-state index contributed by atoms with van der Waals surface area (Å²) in [5.41, 5.74) is 5.13. The monoisotopic (exact) mass is 207 g/mol. The SMILES string of the molecule is CC1C=CC(C(N)=O)C(Cl)C1Cl.